The van der Waals surface area contributed by atoms with E-state index >= 15 is 0 Å². The van der Waals surface area contributed by atoms with Gasteiger partial charge in [-0.25, -0.2) is 0 Å². The third kappa shape index (κ3) is 4.00. The van der Waals surface area contributed by atoms with Crippen LogP contribution in [0.1, 0.15) is 19.4 Å². The molecule has 0 saturated heterocycles. The second kappa shape index (κ2) is 5.85. The normalized spacial score (nSPS) is 15.3. The first kappa shape index (κ1) is 12.2. The molecule has 0 aliphatic rings. The van der Waals surface area contributed by atoms with Crippen molar-refractivity contribution in [3.05, 3.63) is 35.9 Å². The van der Waals surface area contributed by atoms with Crippen LogP contribution >= 0.6 is 0 Å². The van der Waals surface area contributed by atoms with Crippen LogP contribution in [-0.2, 0) is 11.3 Å². The van der Waals surface area contributed by atoms with Crippen LogP contribution in [0.4, 0.5) is 0 Å². The molecule has 0 aliphatic carbocycles. The van der Waals surface area contributed by atoms with Gasteiger partial charge in [0.1, 0.15) is 6.10 Å². The lowest BCUT2D eigenvalue weighted by Gasteiger charge is -2.23. The van der Waals surface area contributed by atoms with Gasteiger partial charge in [0.05, 0.1) is 18.8 Å². The number of aliphatic hydroxyl groups is 2. The van der Waals surface area contributed by atoms with Gasteiger partial charge in [-0.05, 0) is 19.4 Å². The monoisotopic (exact) mass is 210 g/mol. The Morgan fingerprint density at radius 2 is 1.60 bits per heavy atom. The van der Waals surface area contributed by atoms with Crippen molar-refractivity contribution in [2.75, 3.05) is 0 Å². The SMILES string of the molecule is C[C@@H](O)C(OCc1ccccc1)[C@@H](C)O. The largest absolute Gasteiger partial charge is 0.391 e. The van der Waals surface area contributed by atoms with Crippen molar-refractivity contribution >= 4 is 0 Å². The molecule has 0 spiro atoms. The first-order valence-electron chi connectivity index (χ1n) is 5.13. The molecule has 2 atom stereocenters. The molecule has 0 heterocycles. The molecule has 84 valence electrons. The molecule has 0 unspecified atom stereocenters. The van der Waals surface area contributed by atoms with Gasteiger partial charge in [0.15, 0.2) is 0 Å². The van der Waals surface area contributed by atoms with Crippen LogP contribution in [0.2, 0.25) is 0 Å². The maximum absolute atomic E-state index is 9.38. The van der Waals surface area contributed by atoms with E-state index in [0.717, 1.165) is 5.56 Å². The molecule has 0 bridgehead atoms. The summed E-state index contributed by atoms with van der Waals surface area (Å²) in [6.07, 6.45) is -1.88. The minimum absolute atomic E-state index is 0.404. The Kier molecular flexibility index (Phi) is 4.75. The second-order valence-corrected chi connectivity index (χ2v) is 3.74. The number of benzene rings is 1. The quantitative estimate of drug-likeness (QED) is 0.771. The van der Waals surface area contributed by atoms with Crippen molar-refractivity contribution in [3.8, 4) is 0 Å². The molecule has 0 aromatic heterocycles. The molecule has 2 N–H and O–H groups in total. The highest BCUT2D eigenvalue weighted by atomic mass is 16.5. The smallest absolute Gasteiger partial charge is 0.109 e. The summed E-state index contributed by atoms with van der Waals surface area (Å²) in [4.78, 5) is 0. The molecule has 0 saturated carbocycles. The standard InChI is InChI=1S/C12H18O3/c1-9(13)12(10(2)14)15-8-11-6-4-3-5-7-11/h3-7,9-10,12-14H,8H2,1-2H3/t9-,10-/m1/s1. The minimum atomic E-state index is -0.672. The molecule has 0 fully saturated rings. The zero-order valence-corrected chi connectivity index (χ0v) is 9.13. The molecular formula is C12H18O3. The van der Waals surface area contributed by atoms with E-state index in [9.17, 15) is 10.2 Å². The summed E-state index contributed by atoms with van der Waals surface area (Å²) in [6.45, 7) is 3.63. The summed E-state index contributed by atoms with van der Waals surface area (Å²) in [6, 6.07) is 9.68. The maximum atomic E-state index is 9.38. The van der Waals surface area contributed by atoms with Crippen molar-refractivity contribution in [1.82, 2.24) is 0 Å². The third-order valence-corrected chi connectivity index (χ3v) is 2.24. The molecule has 0 amide bonds. The highest BCUT2D eigenvalue weighted by Gasteiger charge is 2.20. The van der Waals surface area contributed by atoms with E-state index in [1.165, 1.54) is 0 Å². The van der Waals surface area contributed by atoms with E-state index in [1.807, 2.05) is 30.3 Å². The van der Waals surface area contributed by atoms with E-state index in [1.54, 1.807) is 13.8 Å². The summed E-state index contributed by atoms with van der Waals surface area (Å²) < 4.78 is 5.45. The average molecular weight is 210 g/mol. The number of hydrogen-bond acceptors (Lipinski definition) is 3. The molecule has 0 radical (unpaired) electrons. The highest BCUT2D eigenvalue weighted by Crippen LogP contribution is 2.09. The van der Waals surface area contributed by atoms with Crippen molar-refractivity contribution < 1.29 is 14.9 Å². The summed E-state index contributed by atoms with van der Waals surface area (Å²) in [5.74, 6) is 0. The van der Waals surface area contributed by atoms with Crippen LogP contribution < -0.4 is 0 Å². The van der Waals surface area contributed by atoms with Crippen LogP contribution in [-0.4, -0.2) is 28.5 Å². The predicted octanol–water partition coefficient (Wildman–Crippen LogP) is 1.33. The Morgan fingerprint density at radius 1 is 1.07 bits per heavy atom. The van der Waals surface area contributed by atoms with Crippen molar-refractivity contribution in [1.29, 1.82) is 0 Å². The Hall–Kier alpha value is -0.900. The second-order valence-electron chi connectivity index (χ2n) is 3.74. The van der Waals surface area contributed by atoms with Gasteiger partial charge in [0.25, 0.3) is 0 Å². The summed E-state index contributed by atoms with van der Waals surface area (Å²) in [5, 5.41) is 18.8. The molecule has 1 aromatic carbocycles. The van der Waals surface area contributed by atoms with Crippen LogP contribution in [0.15, 0.2) is 30.3 Å². The predicted molar refractivity (Wildman–Crippen MR) is 58.4 cm³/mol. The fourth-order valence-electron chi connectivity index (χ4n) is 1.45. The third-order valence-electron chi connectivity index (χ3n) is 2.24. The van der Waals surface area contributed by atoms with Gasteiger partial charge >= 0.3 is 0 Å². The maximum Gasteiger partial charge on any atom is 0.109 e. The fourth-order valence-corrected chi connectivity index (χ4v) is 1.45. The van der Waals surface area contributed by atoms with Crippen LogP contribution in [0.5, 0.6) is 0 Å². The van der Waals surface area contributed by atoms with Crippen molar-refractivity contribution in [3.63, 3.8) is 0 Å². The van der Waals surface area contributed by atoms with E-state index < -0.39 is 18.3 Å². The van der Waals surface area contributed by atoms with Gasteiger partial charge in [0, 0.05) is 0 Å². The number of ether oxygens (including phenoxy) is 1. The molecular weight excluding hydrogens is 192 g/mol. The van der Waals surface area contributed by atoms with Crippen LogP contribution in [0.25, 0.3) is 0 Å². The topological polar surface area (TPSA) is 49.7 Å². The minimum Gasteiger partial charge on any atom is -0.391 e. The fraction of sp³-hybridized carbons (Fsp3) is 0.500. The first-order chi connectivity index (χ1) is 7.11. The van der Waals surface area contributed by atoms with E-state index in [0.29, 0.717) is 6.61 Å². The number of hydrogen-bond donors (Lipinski definition) is 2. The molecule has 0 aliphatic heterocycles. The molecule has 1 aromatic rings. The Morgan fingerprint density at radius 3 is 2.07 bits per heavy atom. The Labute approximate surface area is 90.3 Å². The lowest BCUT2D eigenvalue weighted by atomic mass is 10.1. The van der Waals surface area contributed by atoms with Gasteiger partial charge in [-0.3, -0.25) is 0 Å². The number of rotatable bonds is 5. The molecule has 15 heavy (non-hydrogen) atoms. The Bertz CT molecular complexity index is 261. The zero-order valence-electron chi connectivity index (χ0n) is 9.13. The van der Waals surface area contributed by atoms with Crippen LogP contribution in [0.3, 0.4) is 0 Å². The Balaban J connectivity index is 2.47. The van der Waals surface area contributed by atoms with Crippen molar-refractivity contribution in [2.45, 2.75) is 38.8 Å². The summed E-state index contributed by atoms with van der Waals surface area (Å²) in [5.41, 5.74) is 1.03. The van der Waals surface area contributed by atoms with Crippen molar-refractivity contribution in [2.24, 2.45) is 0 Å². The average Bonchev–Trinajstić information content (AvgIpc) is 2.18. The number of aliphatic hydroxyl groups excluding tert-OH is 2. The molecule has 1 rings (SSSR count). The van der Waals surface area contributed by atoms with Gasteiger partial charge in [-0.1, -0.05) is 30.3 Å². The first-order valence-corrected chi connectivity index (χ1v) is 5.13. The molecule has 3 nitrogen and oxygen atoms in total. The van der Waals surface area contributed by atoms with Gasteiger partial charge in [0.2, 0.25) is 0 Å². The van der Waals surface area contributed by atoms with Gasteiger partial charge < -0.3 is 14.9 Å². The summed E-state index contributed by atoms with van der Waals surface area (Å²) >= 11 is 0. The molecule has 3 heteroatoms. The van der Waals surface area contributed by atoms with E-state index in [-0.39, 0.29) is 0 Å². The lowest BCUT2D eigenvalue weighted by Crippen LogP contribution is -2.36. The van der Waals surface area contributed by atoms with Crippen LogP contribution in [0, 0.1) is 0 Å². The lowest BCUT2D eigenvalue weighted by molar-refractivity contribution is -0.0949. The summed E-state index contributed by atoms with van der Waals surface area (Å²) in [7, 11) is 0. The zero-order chi connectivity index (χ0) is 11.3. The highest BCUT2D eigenvalue weighted by molar-refractivity contribution is 5.13. The van der Waals surface area contributed by atoms with Gasteiger partial charge in [-0.2, -0.15) is 0 Å². The van der Waals surface area contributed by atoms with E-state index in [4.69, 9.17) is 4.74 Å². The van der Waals surface area contributed by atoms with E-state index in [2.05, 4.69) is 0 Å². The van der Waals surface area contributed by atoms with Gasteiger partial charge in [-0.15, -0.1) is 0 Å².